The molecule has 0 aliphatic heterocycles. The number of carbonyl (C=O) groups excluding carboxylic acids is 1. The topological polar surface area (TPSA) is 114 Å². The van der Waals surface area contributed by atoms with Crippen molar-refractivity contribution in [2.75, 3.05) is 11.9 Å². The van der Waals surface area contributed by atoms with Crippen molar-refractivity contribution in [1.29, 1.82) is 0 Å². The van der Waals surface area contributed by atoms with Crippen molar-refractivity contribution in [3.05, 3.63) is 23.8 Å². The van der Waals surface area contributed by atoms with Gasteiger partial charge < -0.3 is 14.9 Å². The Bertz CT molecular complexity index is 876. The van der Waals surface area contributed by atoms with Crippen LogP contribution in [0.3, 0.4) is 0 Å². The molecule has 1 aromatic heterocycles. The molecule has 1 heterocycles. The molecule has 0 atom stereocenters. The van der Waals surface area contributed by atoms with Crippen molar-refractivity contribution in [1.82, 2.24) is 9.78 Å². The number of benzene rings is 1. The number of amides is 1. The van der Waals surface area contributed by atoms with Gasteiger partial charge in [-0.05, 0) is 70.6 Å². The quantitative estimate of drug-likeness (QED) is 0.733. The van der Waals surface area contributed by atoms with Crippen molar-refractivity contribution in [2.45, 2.75) is 58.1 Å². The van der Waals surface area contributed by atoms with E-state index in [-0.39, 0.29) is 18.2 Å². The van der Waals surface area contributed by atoms with Crippen molar-refractivity contribution >= 4 is 28.8 Å². The molecule has 1 aliphatic carbocycles. The molecule has 28 heavy (non-hydrogen) atoms. The number of aromatic carboxylic acids is 1. The Balaban J connectivity index is 1.97. The maximum absolute atomic E-state index is 12.4. The molecule has 152 valence electrons. The third-order valence-corrected chi connectivity index (χ3v) is 4.98. The SMILES string of the molecule is CC(C)(C)OC(=O)Nc1c2ccc(C(=O)O)cc2nn1C1CCC(CO)CC1. The van der Waals surface area contributed by atoms with Crippen LogP contribution in [0.2, 0.25) is 0 Å². The third-order valence-electron chi connectivity index (χ3n) is 4.98. The van der Waals surface area contributed by atoms with E-state index in [2.05, 4.69) is 10.4 Å². The zero-order valence-electron chi connectivity index (χ0n) is 16.4. The minimum Gasteiger partial charge on any atom is -0.478 e. The maximum atomic E-state index is 12.4. The molecule has 0 unspecified atom stereocenters. The van der Waals surface area contributed by atoms with Crippen LogP contribution in [0.15, 0.2) is 18.2 Å². The van der Waals surface area contributed by atoms with E-state index in [1.807, 2.05) is 0 Å². The van der Waals surface area contributed by atoms with E-state index in [1.54, 1.807) is 31.5 Å². The minimum absolute atomic E-state index is 0.0633. The lowest BCUT2D eigenvalue weighted by molar-refractivity contribution is 0.0632. The van der Waals surface area contributed by atoms with Gasteiger partial charge in [0.05, 0.1) is 17.1 Å². The van der Waals surface area contributed by atoms with E-state index in [0.29, 0.717) is 22.6 Å². The van der Waals surface area contributed by atoms with Gasteiger partial charge in [-0.15, -0.1) is 0 Å². The first-order valence-electron chi connectivity index (χ1n) is 9.54. The number of ether oxygens (including phenoxy) is 1. The highest BCUT2D eigenvalue weighted by Crippen LogP contribution is 2.36. The van der Waals surface area contributed by atoms with Gasteiger partial charge in [0, 0.05) is 12.0 Å². The highest BCUT2D eigenvalue weighted by atomic mass is 16.6. The lowest BCUT2D eigenvalue weighted by atomic mass is 9.86. The van der Waals surface area contributed by atoms with Gasteiger partial charge in [0.2, 0.25) is 0 Å². The molecule has 0 saturated heterocycles. The monoisotopic (exact) mass is 389 g/mol. The second kappa shape index (κ2) is 7.79. The molecular weight excluding hydrogens is 362 g/mol. The standard InChI is InChI=1S/C20H27N3O5/c1-20(2,3)28-19(27)21-17-15-9-6-13(18(25)26)10-16(15)22-23(17)14-7-4-12(11-24)5-8-14/h6,9-10,12,14,24H,4-5,7-8,11H2,1-3H3,(H,21,27)(H,25,26). The molecule has 1 aliphatic rings. The van der Waals surface area contributed by atoms with Crippen LogP contribution in [0.4, 0.5) is 10.6 Å². The molecule has 1 amide bonds. The first-order chi connectivity index (χ1) is 13.2. The molecule has 0 spiro atoms. The smallest absolute Gasteiger partial charge is 0.413 e. The zero-order valence-corrected chi connectivity index (χ0v) is 16.4. The van der Waals surface area contributed by atoms with Crippen LogP contribution in [-0.4, -0.2) is 44.3 Å². The Labute approximate surface area is 163 Å². The number of aliphatic hydroxyl groups is 1. The third kappa shape index (κ3) is 4.44. The van der Waals surface area contributed by atoms with Crippen LogP contribution in [0.1, 0.15) is 62.9 Å². The Kier molecular flexibility index (Phi) is 5.60. The molecule has 0 bridgehead atoms. The molecular formula is C20H27N3O5. The fourth-order valence-electron chi connectivity index (χ4n) is 3.60. The van der Waals surface area contributed by atoms with E-state index in [4.69, 9.17) is 4.74 Å². The fourth-order valence-corrected chi connectivity index (χ4v) is 3.60. The highest BCUT2D eigenvalue weighted by Gasteiger charge is 2.27. The number of rotatable bonds is 4. The number of fused-ring (bicyclic) bond motifs is 1. The van der Waals surface area contributed by atoms with E-state index in [1.165, 1.54) is 12.1 Å². The number of hydrogen-bond acceptors (Lipinski definition) is 5. The van der Waals surface area contributed by atoms with Crippen molar-refractivity contribution in [2.24, 2.45) is 5.92 Å². The molecule has 3 N–H and O–H groups in total. The number of carbonyl (C=O) groups is 2. The summed E-state index contributed by atoms with van der Waals surface area (Å²) in [6.45, 7) is 5.55. The molecule has 1 fully saturated rings. The molecule has 8 heteroatoms. The van der Waals surface area contributed by atoms with Crippen LogP contribution in [0.25, 0.3) is 10.9 Å². The van der Waals surface area contributed by atoms with Crippen LogP contribution < -0.4 is 5.32 Å². The van der Waals surface area contributed by atoms with Crippen molar-refractivity contribution in [3.8, 4) is 0 Å². The maximum Gasteiger partial charge on any atom is 0.413 e. The highest BCUT2D eigenvalue weighted by molar-refractivity contribution is 6.00. The van der Waals surface area contributed by atoms with Gasteiger partial charge in [0.25, 0.3) is 0 Å². The minimum atomic E-state index is -1.03. The summed E-state index contributed by atoms with van der Waals surface area (Å²) >= 11 is 0. The second-order valence-corrected chi connectivity index (χ2v) is 8.31. The van der Waals surface area contributed by atoms with Gasteiger partial charge >= 0.3 is 12.1 Å². The van der Waals surface area contributed by atoms with Crippen LogP contribution in [0.5, 0.6) is 0 Å². The number of carboxylic acids is 1. The van der Waals surface area contributed by atoms with Crippen LogP contribution >= 0.6 is 0 Å². The van der Waals surface area contributed by atoms with Gasteiger partial charge in [0.15, 0.2) is 0 Å². The molecule has 1 saturated carbocycles. The summed E-state index contributed by atoms with van der Waals surface area (Å²) in [5.41, 5.74) is 0.0145. The Morgan fingerprint density at radius 3 is 2.50 bits per heavy atom. The van der Waals surface area contributed by atoms with Crippen molar-refractivity contribution in [3.63, 3.8) is 0 Å². The number of hydrogen-bond donors (Lipinski definition) is 3. The predicted octanol–water partition coefficient (Wildman–Crippen LogP) is 3.81. The number of aromatic nitrogens is 2. The molecule has 1 aromatic carbocycles. The lowest BCUT2D eigenvalue weighted by Crippen LogP contribution is -2.29. The van der Waals surface area contributed by atoms with E-state index < -0.39 is 17.7 Å². The Morgan fingerprint density at radius 2 is 1.93 bits per heavy atom. The average Bonchev–Trinajstić information content (AvgIpc) is 2.97. The molecule has 2 aromatic rings. The summed E-state index contributed by atoms with van der Waals surface area (Å²) < 4.78 is 7.15. The number of nitrogens with zero attached hydrogens (tertiary/aromatic N) is 2. The summed E-state index contributed by atoms with van der Waals surface area (Å²) in [5, 5.41) is 26.7. The van der Waals surface area contributed by atoms with E-state index in [0.717, 1.165) is 25.7 Å². The van der Waals surface area contributed by atoms with Crippen molar-refractivity contribution < 1.29 is 24.5 Å². The summed E-state index contributed by atoms with van der Waals surface area (Å²) in [6.07, 6.45) is 2.83. The van der Waals surface area contributed by atoms with E-state index >= 15 is 0 Å². The second-order valence-electron chi connectivity index (χ2n) is 8.31. The largest absolute Gasteiger partial charge is 0.478 e. The number of aliphatic hydroxyl groups excluding tert-OH is 1. The molecule has 0 radical (unpaired) electrons. The molecule has 8 nitrogen and oxygen atoms in total. The first-order valence-corrected chi connectivity index (χ1v) is 9.54. The summed E-state index contributed by atoms with van der Waals surface area (Å²) in [6, 6.07) is 4.73. The Morgan fingerprint density at radius 1 is 1.25 bits per heavy atom. The lowest BCUT2D eigenvalue weighted by Gasteiger charge is -2.28. The predicted molar refractivity (Wildman–Crippen MR) is 105 cm³/mol. The van der Waals surface area contributed by atoms with Gasteiger partial charge in [0.1, 0.15) is 11.4 Å². The normalized spacial score (nSPS) is 20.1. The first kappa shape index (κ1) is 20.1. The molecule has 3 rings (SSSR count). The van der Waals surface area contributed by atoms with Gasteiger partial charge in [-0.1, -0.05) is 0 Å². The Hall–Kier alpha value is -2.61. The zero-order chi connectivity index (χ0) is 20.5. The number of anilines is 1. The number of carboxylic acid groups (broad SMARTS) is 1. The van der Waals surface area contributed by atoms with Crippen LogP contribution in [0, 0.1) is 5.92 Å². The summed E-state index contributed by atoms with van der Waals surface area (Å²) in [4.78, 5) is 23.7. The van der Waals surface area contributed by atoms with E-state index in [9.17, 15) is 19.8 Å². The summed E-state index contributed by atoms with van der Waals surface area (Å²) in [7, 11) is 0. The van der Waals surface area contributed by atoms with Gasteiger partial charge in [-0.25, -0.2) is 14.3 Å². The van der Waals surface area contributed by atoms with Gasteiger partial charge in [-0.2, -0.15) is 5.10 Å². The fraction of sp³-hybridized carbons (Fsp3) is 0.550. The van der Waals surface area contributed by atoms with Gasteiger partial charge in [-0.3, -0.25) is 5.32 Å². The average molecular weight is 389 g/mol. The summed E-state index contributed by atoms with van der Waals surface area (Å²) in [5.74, 6) is -0.225. The van der Waals surface area contributed by atoms with Crippen LogP contribution in [-0.2, 0) is 4.74 Å². The number of nitrogens with one attached hydrogen (secondary N) is 1.